The number of nitrogens with one attached hydrogen (secondary N) is 2. The number of H-pyrrole nitrogens is 1. The number of rotatable bonds is 6. The number of guanidine groups is 1. The lowest BCUT2D eigenvalue weighted by molar-refractivity contribution is -0.145. The summed E-state index contributed by atoms with van der Waals surface area (Å²) in [5, 5.41) is 10.4. The van der Waals surface area contributed by atoms with Crippen molar-refractivity contribution in [2.45, 2.75) is 20.3 Å². The fourth-order valence-electron chi connectivity index (χ4n) is 3.21. The van der Waals surface area contributed by atoms with E-state index in [-0.39, 0.29) is 41.8 Å². The fraction of sp³-hybridized carbons (Fsp3) is 0.556. The Balaban J connectivity index is 0.00000280. The number of aliphatic imine (C=N–C) groups is 1. The molecule has 1 fully saturated rings. The van der Waals surface area contributed by atoms with Crippen molar-refractivity contribution in [2.75, 3.05) is 33.3 Å². The molecule has 2 N–H and O–H groups in total. The summed E-state index contributed by atoms with van der Waals surface area (Å²) in [6, 6.07) is 3.62. The quantitative estimate of drug-likeness (QED) is 0.269. The topological polar surface area (TPSA) is 109 Å². The number of ether oxygens (including phenoxy) is 1. The van der Waals surface area contributed by atoms with Crippen LogP contribution in [-0.2, 0) is 16.0 Å². The first-order valence-electron chi connectivity index (χ1n) is 9.18. The number of aromatic nitrogens is 3. The summed E-state index contributed by atoms with van der Waals surface area (Å²) in [5.74, 6) is 2.68. The van der Waals surface area contributed by atoms with E-state index in [0.29, 0.717) is 31.1 Å². The predicted octanol–water partition coefficient (Wildman–Crippen LogP) is 1.93. The maximum Gasteiger partial charge on any atom is 0.310 e. The molecule has 2 aromatic rings. The molecule has 2 unspecified atom stereocenters. The van der Waals surface area contributed by atoms with Crippen LogP contribution in [0.3, 0.4) is 0 Å². The second-order valence-corrected chi connectivity index (χ2v) is 6.58. The average molecular weight is 502 g/mol. The number of hydrogen-bond donors (Lipinski definition) is 2. The third-order valence-corrected chi connectivity index (χ3v) is 4.63. The smallest absolute Gasteiger partial charge is 0.310 e. The number of carbonyl (C=O) groups is 1. The van der Waals surface area contributed by atoms with Gasteiger partial charge < -0.3 is 19.4 Å². The van der Waals surface area contributed by atoms with Crippen LogP contribution in [0, 0.1) is 11.8 Å². The molecular weight excluding hydrogens is 475 g/mol. The van der Waals surface area contributed by atoms with Crippen molar-refractivity contribution < 1.29 is 13.9 Å². The number of likely N-dealkylation sites (tertiary alicyclic amines) is 1. The van der Waals surface area contributed by atoms with Gasteiger partial charge in [0, 0.05) is 32.6 Å². The zero-order chi connectivity index (χ0) is 19.2. The van der Waals surface area contributed by atoms with Gasteiger partial charge in [-0.1, -0.05) is 6.92 Å². The first-order valence-corrected chi connectivity index (χ1v) is 9.18. The van der Waals surface area contributed by atoms with Crippen molar-refractivity contribution in [1.29, 1.82) is 0 Å². The minimum atomic E-state index is -0.159. The Hall–Kier alpha value is -2.11. The van der Waals surface area contributed by atoms with Gasteiger partial charge in [0.2, 0.25) is 5.82 Å². The molecule has 0 spiro atoms. The van der Waals surface area contributed by atoms with Crippen LogP contribution in [-0.4, -0.2) is 65.3 Å². The number of hydrogen-bond acceptors (Lipinski definition) is 6. The second-order valence-electron chi connectivity index (χ2n) is 6.58. The van der Waals surface area contributed by atoms with E-state index in [4.69, 9.17) is 9.15 Å². The highest BCUT2D eigenvalue weighted by Gasteiger charge is 2.36. The minimum absolute atomic E-state index is 0. The number of aromatic amines is 1. The van der Waals surface area contributed by atoms with E-state index < -0.39 is 0 Å². The monoisotopic (exact) mass is 502 g/mol. The van der Waals surface area contributed by atoms with Crippen LogP contribution in [0.2, 0.25) is 0 Å². The average Bonchev–Trinajstić information content (AvgIpc) is 3.40. The lowest BCUT2D eigenvalue weighted by Gasteiger charge is -2.21. The summed E-state index contributed by atoms with van der Waals surface area (Å²) in [6.45, 7) is 6.80. The van der Waals surface area contributed by atoms with Gasteiger partial charge >= 0.3 is 5.97 Å². The Morgan fingerprint density at radius 1 is 1.50 bits per heavy atom. The van der Waals surface area contributed by atoms with Crippen LogP contribution in [0.1, 0.15) is 19.7 Å². The molecule has 2 aromatic heterocycles. The van der Waals surface area contributed by atoms with Gasteiger partial charge in [-0.25, -0.2) is 4.98 Å². The van der Waals surface area contributed by atoms with Gasteiger partial charge in [-0.05, 0) is 25.0 Å². The summed E-state index contributed by atoms with van der Waals surface area (Å²) in [4.78, 5) is 23.1. The van der Waals surface area contributed by atoms with Gasteiger partial charge in [0.15, 0.2) is 11.7 Å². The molecular formula is C18H27IN6O3. The van der Waals surface area contributed by atoms with Gasteiger partial charge in [-0.2, -0.15) is 5.10 Å². The summed E-state index contributed by atoms with van der Waals surface area (Å²) >= 11 is 0. The van der Waals surface area contributed by atoms with E-state index >= 15 is 0 Å². The number of esters is 1. The number of methoxy groups -OCH3 is 1. The van der Waals surface area contributed by atoms with Crippen molar-refractivity contribution in [3.63, 3.8) is 0 Å². The van der Waals surface area contributed by atoms with Crippen LogP contribution < -0.4 is 5.32 Å². The van der Waals surface area contributed by atoms with Crippen molar-refractivity contribution in [1.82, 2.24) is 25.4 Å². The zero-order valence-corrected chi connectivity index (χ0v) is 18.7. The van der Waals surface area contributed by atoms with Crippen LogP contribution in [0.25, 0.3) is 11.6 Å². The Labute approximate surface area is 181 Å². The third kappa shape index (κ3) is 5.24. The Kier molecular flexibility index (Phi) is 8.27. The summed E-state index contributed by atoms with van der Waals surface area (Å²) in [5.41, 5.74) is 0. The molecule has 1 aliphatic rings. The molecule has 1 aliphatic heterocycles. The predicted molar refractivity (Wildman–Crippen MR) is 115 cm³/mol. The normalized spacial score (nSPS) is 19.4. The maximum atomic E-state index is 11.9. The highest BCUT2D eigenvalue weighted by molar-refractivity contribution is 14.0. The highest BCUT2D eigenvalue weighted by Crippen LogP contribution is 2.24. The zero-order valence-electron chi connectivity index (χ0n) is 16.3. The summed E-state index contributed by atoms with van der Waals surface area (Å²) in [6.07, 6.45) is 2.23. The van der Waals surface area contributed by atoms with Crippen LogP contribution in [0.15, 0.2) is 27.8 Å². The molecule has 0 saturated carbocycles. The first-order chi connectivity index (χ1) is 13.1. The molecule has 10 heteroatoms. The molecule has 154 valence electrons. The van der Waals surface area contributed by atoms with E-state index in [2.05, 4.69) is 37.3 Å². The SMILES string of the molecule is CCNC(=NCCc1nc(-c2ccco2)n[nH]1)N1CC(C)C(C(=O)OC)C1.I. The van der Waals surface area contributed by atoms with Gasteiger partial charge in [0.1, 0.15) is 5.82 Å². The van der Waals surface area contributed by atoms with Crippen molar-refractivity contribution >= 4 is 35.9 Å². The Morgan fingerprint density at radius 3 is 3.00 bits per heavy atom. The lowest BCUT2D eigenvalue weighted by atomic mass is 9.99. The molecule has 3 heterocycles. The van der Waals surface area contributed by atoms with Crippen LogP contribution in [0.5, 0.6) is 0 Å². The highest BCUT2D eigenvalue weighted by atomic mass is 127. The molecule has 3 rings (SSSR count). The Bertz CT molecular complexity index is 776. The van der Waals surface area contributed by atoms with Crippen molar-refractivity contribution in [2.24, 2.45) is 16.8 Å². The number of halogens is 1. The summed E-state index contributed by atoms with van der Waals surface area (Å²) in [7, 11) is 1.44. The standard InChI is InChI=1S/C18H26N6O3.HI/c1-4-19-18(24-10-12(2)13(11-24)17(25)26-3)20-8-7-15-21-16(23-22-15)14-6-5-9-27-14;/h5-6,9,12-13H,4,7-8,10-11H2,1-3H3,(H,19,20)(H,21,22,23);1H. The molecule has 1 saturated heterocycles. The van der Waals surface area contributed by atoms with E-state index in [9.17, 15) is 4.79 Å². The minimum Gasteiger partial charge on any atom is -0.469 e. The molecule has 9 nitrogen and oxygen atoms in total. The summed E-state index contributed by atoms with van der Waals surface area (Å²) < 4.78 is 10.2. The molecule has 0 aromatic carbocycles. The molecule has 28 heavy (non-hydrogen) atoms. The van der Waals surface area contributed by atoms with E-state index in [1.807, 2.05) is 13.0 Å². The Morgan fingerprint density at radius 2 is 2.32 bits per heavy atom. The largest absolute Gasteiger partial charge is 0.469 e. The maximum absolute atomic E-state index is 11.9. The van der Waals surface area contributed by atoms with Gasteiger partial charge in [0.25, 0.3) is 0 Å². The first kappa shape index (κ1) is 22.2. The van der Waals surface area contributed by atoms with E-state index in [0.717, 1.165) is 24.9 Å². The van der Waals surface area contributed by atoms with Crippen molar-refractivity contribution in [3.05, 3.63) is 24.2 Å². The van der Waals surface area contributed by atoms with E-state index in [1.54, 1.807) is 12.3 Å². The second kappa shape index (κ2) is 10.4. The van der Waals surface area contributed by atoms with Crippen molar-refractivity contribution in [3.8, 4) is 11.6 Å². The number of nitrogens with zero attached hydrogens (tertiary/aromatic N) is 4. The fourth-order valence-corrected chi connectivity index (χ4v) is 3.21. The van der Waals surface area contributed by atoms with Gasteiger partial charge in [-0.15, -0.1) is 24.0 Å². The molecule has 0 radical (unpaired) electrons. The number of furan rings is 1. The van der Waals surface area contributed by atoms with E-state index in [1.165, 1.54) is 7.11 Å². The lowest BCUT2D eigenvalue weighted by Crippen LogP contribution is -2.40. The number of carbonyl (C=O) groups excluding carboxylic acids is 1. The molecule has 0 amide bonds. The van der Waals surface area contributed by atoms with Gasteiger partial charge in [-0.3, -0.25) is 14.9 Å². The van der Waals surface area contributed by atoms with Crippen LogP contribution in [0.4, 0.5) is 0 Å². The molecule has 0 aliphatic carbocycles. The molecule has 2 atom stereocenters. The van der Waals surface area contributed by atoms with Crippen LogP contribution >= 0.6 is 24.0 Å². The van der Waals surface area contributed by atoms with Gasteiger partial charge in [0.05, 0.1) is 19.3 Å². The molecule has 0 bridgehead atoms. The third-order valence-electron chi connectivity index (χ3n) is 4.63.